The van der Waals surface area contributed by atoms with Gasteiger partial charge in [0.1, 0.15) is 0 Å². The molecule has 0 aromatic carbocycles. The largest absolute Gasteiger partial charge is 0.351 e. The zero-order chi connectivity index (χ0) is 11.4. The minimum absolute atomic E-state index is 0.506. The van der Waals surface area contributed by atoms with Gasteiger partial charge >= 0.3 is 0 Å². The zero-order valence-corrected chi connectivity index (χ0v) is 10.3. The van der Waals surface area contributed by atoms with Gasteiger partial charge in [0.25, 0.3) is 0 Å². The molecule has 2 rings (SSSR count). The van der Waals surface area contributed by atoms with Gasteiger partial charge in [0.15, 0.2) is 11.0 Å². The van der Waals surface area contributed by atoms with Gasteiger partial charge in [-0.25, -0.2) is 9.97 Å². The van der Waals surface area contributed by atoms with Gasteiger partial charge in [0, 0.05) is 38.6 Å². The predicted molar refractivity (Wildman–Crippen MR) is 66.0 cm³/mol. The minimum Gasteiger partial charge on any atom is -0.351 e. The third kappa shape index (κ3) is 2.62. The molecule has 0 saturated carbocycles. The summed E-state index contributed by atoms with van der Waals surface area (Å²) in [5, 5.41) is 0.506. The van der Waals surface area contributed by atoms with Crippen molar-refractivity contribution in [2.45, 2.75) is 13.3 Å². The van der Waals surface area contributed by atoms with E-state index in [0.717, 1.165) is 32.0 Å². The summed E-state index contributed by atoms with van der Waals surface area (Å²) in [7, 11) is 0. The van der Waals surface area contributed by atoms with Crippen molar-refractivity contribution in [1.29, 1.82) is 0 Å². The Morgan fingerprint density at radius 3 is 2.50 bits per heavy atom. The first-order chi connectivity index (χ1) is 7.81. The lowest BCUT2D eigenvalue weighted by Gasteiger charge is -2.35. The number of rotatable bonds is 3. The van der Waals surface area contributed by atoms with Crippen LogP contribution >= 0.6 is 11.6 Å². The van der Waals surface area contributed by atoms with Crippen LogP contribution < -0.4 is 4.90 Å². The van der Waals surface area contributed by atoms with Gasteiger partial charge in [-0.1, -0.05) is 18.5 Å². The third-order valence-electron chi connectivity index (χ3n) is 2.85. The van der Waals surface area contributed by atoms with E-state index in [9.17, 15) is 0 Å². The van der Waals surface area contributed by atoms with Crippen molar-refractivity contribution < 1.29 is 0 Å². The minimum atomic E-state index is 0.506. The summed E-state index contributed by atoms with van der Waals surface area (Å²) in [6.45, 7) is 7.53. The molecule has 1 aromatic rings. The highest BCUT2D eigenvalue weighted by molar-refractivity contribution is 6.31. The number of anilines is 1. The van der Waals surface area contributed by atoms with E-state index in [0.29, 0.717) is 5.15 Å². The smallest absolute Gasteiger partial charge is 0.171 e. The molecular weight excluding hydrogens is 224 g/mol. The Hall–Kier alpha value is -0.870. The summed E-state index contributed by atoms with van der Waals surface area (Å²) < 4.78 is 0. The highest BCUT2D eigenvalue weighted by Crippen LogP contribution is 2.20. The van der Waals surface area contributed by atoms with E-state index in [2.05, 4.69) is 26.7 Å². The van der Waals surface area contributed by atoms with Crippen molar-refractivity contribution in [3.8, 4) is 0 Å². The first-order valence-electron chi connectivity index (χ1n) is 5.75. The van der Waals surface area contributed by atoms with Gasteiger partial charge < -0.3 is 4.90 Å². The summed E-state index contributed by atoms with van der Waals surface area (Å²) in [6, 6.07) is 0. The topological polar surface area (TPSA) is 32.3 Å². The van der Waals surface area contributed by atoms with Crippen LogP contribution in [0.3, 0.4) is 0 Å². The van der Waals surface area contributed by atoms with Gasteiger partial charge in [0.05, 0.1) is 0 Å². The molecule has 4 nitrogen and oxygen atoms in total. The molecule has 0 spiro atoms. The molecule has 16 heavy (non-hydrogen) atoms. The molecule has 1 aliphatic rings. The first-order valence-corrected chi connectivity index (χ1v) is 6.13. The van der Waals surface area contributed by atoms with Gasteiger partial charge in [-0.05, 0) is 13.0 Å². The molecule has 0 radical (unpaired) electrons. The van der Waals surface area contributed by atoms with Gasteiger partial charge in [-0.2, -0.15) is 0 Å². The van der Waals surface area contributed by atoms with E-state index in [1.165, 1.54) is 13.0 Å². The number of aromatic nitrogens is 2. The van der Waals surface area contributed by atoms with Crippen LogP contribution in [0, 0.1) is 0 Å². The van der Waals surface area contributed by atoms with Crippen LogP contribution in [0.2, 0.25) is 5.15 Å². The Labute approximate surface area is 101 Å². The van der Waals surface area contributed by atoms with Crippen LogP contribution in [0.1, 0.15) is 13.3 Å². The molecule has 0 amide bonds. The Kier molecular flexibility index (Phi) is 3.96. The van der Waals surface area contributed by atoms with Crippen LogP contribution in [0.4, 0.5) is 5.82 Å². The van der Waals surface area contributed by atoms with Gasteiger partial charge in [-0.3, -0.25) is 4.90 Å². The van der Waals surface area contributed by atoms with Crippen molar-refractivity contribution in [3.63, 3.8) is 0 Å². The maximum Gasteiger partial charge on any atom is 0.171 e. The molecule has 0 unspecified atom stereocenters. The van der Waals surface area contributed by atoms with Crippen molar-refractivity contribution in [2.75, 3.05) is 37.6 Å². The molecule has 1 fully saturated rings. The van der Waals surface area contributed by atoms with Crippen LogP contribution in [0.5, 0.6) is 0 Å². The van der Waals surface area contributed by atoms with Gasteiger partial charge in [-0.15, -0.1) is 0 Å². The van der Waals surface area contributed by atoms with E-state index in [-0.39, 0.29) is 0 Å². The summed E-state index contributed by atoms with van der Waals surface area (Å²) >= 11 is 6.03. The fraction of sp³-hybridized carbons (Fsp3) is 0.636. The maximum atomic E-state index is 6.03. The van der Waals surface area contributed by atoms with Crippen molar-refractivity contribution >= 4 is 17.4 Å². The highest BCUT2D eigenvalue weighted by atomic mass is 35.5. The van der Waals surface area contributed by atoms with Crippen LogP contribution in [-0.4, -0.2) is 47.6 Å². The van der Waals surface area contributed by atoms with Crippen molar-refractivity contribution in [3.05, 3.63) is 17.5 Å². The molecule has 2 heterocycles. The summed E-state index contributed by atoms with van der Waals surface area (Å²) in [6.07, 6.45) is 4.53. The van der Waals surface area contributed by atoms with E-state index in [4.69, 9.17) is 11.6 Å². The van der Waals surface area contributed by atoms with Gasteiger partial charge in [0.2, 0.25) is 0 Å². The molecule has 88 valence electrons. The molecule has 1 aromatic heterocycles. The van der Waals surface area contributed by atoms with Crippen LogP contribution in [-0.2, 0) is 0 Å². The number of nitrogens with zero attached hydrogens (tertiary/aromatic N) is 4. The quantitative estimate of drug-likeness (QED) is 0.805. The van der Waals surface area contributed by atoms with E-state index in [1.807, 2.05) is 0 Å². The molecular formula is C11H17ClN4. The van der Waals surface area contributed by atoms with Crippen LogP contribution in [0.25, 0.3) is 0 Å². The Bertz CT molecular complexity index is 337. The van der Waals surface area contributed by atoms with E-state index in [1.54, 1.807) is 12.4 Å². The molecule has 0 aliphatic carbocycles. The average Bonchev–Trinajstić information content (AvgIpc) is 2.31. The lowest BCUT2D eigenvalue weighted by molar-refractivity contribution is 0.258. The second kappa shape index (κ2) is 5.46. The SMILES string of the molecule is CCCN1CCN(c2nccnc2Cl)CC1. The Morgan fingerprint density at radius 2 is 1.88 bits per heavy atom. The predicted octanol–water partition coefficient (Wildman–Crippen LogP) is 1.66. The Balaban J connectivity index is 1.96. The summed E-state index contributed by atoms with van der Waals surface area (Å²) in [5.74, 6) is 0.820. The summed E-state index contributed by atoms with van der Waals surface area (Å²) in [5.41, 5.74) is 0. The third-order valence-corrected chi connectivity index (χ3v) is 3.11. The Morgan fingerprint density at radius 1 is 1.19 bits per heavy atom. The normalized spacial score (nSPS) is 17.8. The van der Waals surface area contributed by atoms with Crippen molar-refractivity contribution in [2.24, 2.45) is 0 Å². The number of hydrogen-bond acceptors (Lipinski definition) is 4. The molecule has 1 saturated heterocycles. The maximum absolute atomic E-state index is 6.03. The van der Waals surface area contributed by atoms with E-state index >= 15 is 0 Å². The molecule has 0 atom stereocenters. The second-order valence-corrected chi connectivity index (χ2v) is 4.36. The zero-order valence-electron chi connectivity index (χ0n) is 9.56. The number of halogens is 1. The first kappa shape index (κ1) is 11.6. The lowest BCUT2D eigenvalue weighted by Crippen LogP contribution is -2.47. The molecule has 5 heteroatoms. The fourth-order valence-electron chi connectivity index (χ4n) is 2.03. The number of hydrogen-bond donors (Lipinski definition) is 0. The standard InChI is InChI=1S/C11H17ClN4/c1-2-5-15-6-8-16(9-7-15)11-10(12)13-3-4-14-11/h3-4H,2,5-9H2,1H3. The monoisotopic (exact) mass is 240 g/mol. The van der Waals surface area contributed by atoms with E-state index < -0.39 is 0 Å². The highest BCUT2D eigenvalue weighted by Gasteiger charge is 2.19. The molecule has 0 N–H and O–H groups in total. The second-order valence-electron chi connectivity index (χ2n) is 4.00. The average molecular weight is 241 g/mol. The number of piperazine rings is 1. The molecule has 1 aliphatic heterocycles. The fourth-order valence-corrected chi connectivity index (χ4v) is 2.25. The van der Waals surface area contributed by atoms with Crippen molar-refractivity contribution in [1.82, 2.24) is 14.9 Å². The molecule has 0 bridgehead atoms. The lowest BCUT2D eigenvalue weighted by atomic mass is 10.3. The van der Waals surface area contributed by atoms with Crippen LogP contribution in [0.15, 0.2) is 12.4 Å². The summed E-state index contributed by atoms with van der Waals surface area (Å²) in [4.78, 5) is 13.0.